The van der Waals surface area contributed by atoms with Gasteiger partial charge in [-0.25, -0.2) is 0 Å². The van der Waals surface area contributed by atoms with Crippen LogP contribution in [0.25, 0.3) is 0 Å². The van der Waals surface area contributed by atoms with Crippen molar-refractivity contribution in [3.05, 3.63) is 29.3 Å². The van der Waals surface area contributed by atoms with E-state index in [0.717, 1.165) is 48.2 Å². The molecule has 1 heterocycles. The quantitative estimate of drug-likeness (QED) is 0.859. The van der Waals surface area contributed by atoms with Gasteiger partial charge >= 0.3 is 0 Å². The highest BCUT2D eigenvalue weighted by Gasteiger charge is 2.32. The maximum absolute atomic E-state index is 12.9. The lowest BCUT2D eigenvalue weighted by Crippen LogP contribution is -2.46. The molecule has 0 spiro atoms. The monoisotopic (exact) mass is 341 g/mol. The number of hydrogen-bond donors (Lipinski definition) is 1. The van der Waals surface area contributed by atoms with Gasteiger partial charge in [0, 0.05) is 17.2 Å². The number of fused-ring (bicyclic) bond motifs is 1. The number of carbonyl (C=O) groups is 2. The highest BCUT2D eigenvalue weighted by Crippen LogP contribution is 2.30. The molecule has 1 aromatic carbocycles. The summed E-state index contributed by atoms with van der Waals surface area (Å²) in [4.78, 5) is 31.6. The largest absolute Gasteiger partial charge is 0.302 e. The minimum atomic E-state index is -0.950. The molecule has 0 aromatic heterocycles. The van der Waals surface area contributed by atoms with Gasteiger partial charge in [-0.15, -0.1) is 0 Å². The van der Waals surface area contributed by atoms with Gasteiger partial charge in [0.05, 0.1) is 12.2 Å². The lowest BCUT2D eigenvalue weighted by Gasteiger charge is -2.27. The molecular weight excluding hydrogens is 314 g/mol. The number of amides is 1. The van der Waals surface area contributed by atoms with E-state index in [0.29, 0.717) is 0 Å². The fourth-order valence-corrected chi connectivity index (χ4v) is 3.96. The Morgan fingerprint density at radius 1 is 1.20 bits per heavy atom. The molecule has 1 fully saturated rings. The lowest BCUT2D eigenvalue weighted by atomic mass is 9.94. The molecule has 3 rings (SSSR count). The van der Waals surface area contributed by atoms with Gasteiger partial charge in [0.15, 0.2) is 11.9 Å². The van der Waals surface area contributed by atoms with Crippen LogP contribution in [0.4, 0.5) is 5.69 Å². The third-order valence-electron chi connectivity index (χ3n) is 5.37. The topological polar surface area (TPSA) is 75.8 Å². The Balaban J connectivity index is 1.93. The molecule has 0 saturated heterocycles. The molecule has 2 aliphatic rings. The summed E-state index contributed by atoms with van der Waals surface area (Å²) in [7, 11) is 0. The second-order valence-electron chi connectivity index (χ2n) is 7.21. The van der Waals surface area contributed by atoms with E-state index < -0.39 is 6.17 Å². The van der Waals surface area contributed by atoms with E-state index >= 15 is 0 Å². The Kier molecular flexibility index (Phi) is 5.33. The molecule has 134 valence electrons. The van der Waals surface area contributed by atoms with E-state index in [-0.39, 0.29) is 24.2 Å². The molecule has 1 saturated carbocycles. The number of aliphatic imine (C=N–C) groups is 1. The fraction of sp³-hybridized carbons (Fsp3) is 0.550. The van der Waals surface area contributed by atoms with E-state index in [9.17, 15) is 9.59 Å². The Labute approximate surface area is 149 Å². The van der Waals surface area contributed by atoms with Gasteiger partial charge < -0.3 is 10.6 Å². The number of Topliss-reactive ketones (excluding diaryl/α,β-unsaturated/α-hetero) is 1. The molecule has 1 aliphatic carbocycles. The molecule has 1 atom stereocenters. The molecule has 5 heteroatoms. The zero-order valence-electron chi connectivity index (χ0n) is 15.1. The molecule has 1 aliphatic heterocycles. The van der Waals surface area contributed by atoms with Gasteiger partial charge in [0.25, 0.3) is 5.91 Å². The summed E-state index contributed by atoms with van der Waals surface area (Å²) >= 11 is 0. The minimum Gasteiger partial charge on any atom is -0.302 e. The number of hydrogen-bond acceptors (Lipinski definition) is 4. The average molecular weight is 341 g/mol. The Morgan fingerprint density at radius 2 is 1.88 bits per heavy atom. The van der Waals surface area contributed by atoms with Crippen molar-refractivity contribution in [1.82, 2.24) is 0 Å². The first-order valence-corrected chi connectivity index (χ1v) is 9.23. The number of nitrogens with zero attached hydrogens (tertiary/aromatic N) is 2. The van der Waals surface area contributed by atoms with Crippen LogP contribution in [0.5, 0.6) is 0 Å². The van der Waals surface area contributed by atoms with E-state index in [1.165, 1.54) is 12.8 Å². The highest BCUT2D eigenvalue weighted by molar-refractivity contribution is 6.13. The van der Waals surface area contributed by atoms with Crippen molar-refractivity contribution in [2.45, 2.75) is 58.5 Å². The summed E-state index contributed by atoms with van der Waals surface area (Å²) in [5, 5.41) is 0. The number of anilines is 1. The molecule has 2 N–H and O–H groups in total. The minimum absolute atomic E-state index is 0.0595. The maximum Gasteiger partial charge on any atom is 0.266 e. The zero-order valence-corrected chi connectivity index (χ0v) is 15.1. The predicted octanol–water partition coefficient (Wildman–Crippen LogP) is 2.97. The Hall–Kier alpha value is -2.01. The first-order valence-electron chi connectivity index (χ1n) is 9.23. The van der Waals surface area contributed by atoms with Gasteiger partial charge in [-0.1, -0.05) is 43.9 Å². The third kappa shape index (κ3) is 3.66. The fourth-order valence-electron chi connectivity index (χ4n) is 3.96. The van der Waals surface area contributed by atoms with Gasteiger partial charge in [0.1, 0.15) is 0 Å². The van der Waals surface area contributed by atoms with Crippen molar-refractivity contribution in [3.63, 3.8) is 0 Å². The number of aryl methyl sites for hydroxylation is 1. The van der Waals surface area contributed by atoms with Crippen LogP contribution in [0.15, 0.2) is 23.2 Å². The number of rotatable bonds is 3. The second-order valence-corrected chi connectivity index (χ2v) is 7.21. The number of carbonyl (C=O) groups excluding carboxylic acids is 2. The summed E-state index contributed by atoms with van der Waals surface area (Å²) in [6.07, 6.45) is 5.52. The van der Waals surface area contributed by atoms with Crippen LogP contribution in [0.1, 0.15) is 56.6 Å². The smallest absolute Gasteiger partial charge is 0.266 e. The van der Waals surface area contributed by atoms with Crippen molar-refractivity contribution in [2.75, 3.05) is 11.4 Å². The second kappa shape index (κ2) is 7.48. The van der Waals surface area contributed by atoms with Crippen LogP contribution in [0.3, 0.4) is 0 Å². The molecule has 1 aromatic rings. The average Bonchev–Trinajstić information content (AvgIpc) is 2.91. The van der Waals surface area contributed by atoms with Crippen LogP contribution in [0, 0.1) is 12.8 Å². The lowest BCUT2D eigenvalue weighted by molar-refractivity contribution is -0.125. The van der Waals surface area contributed by atoms with Gasteiger partial charge in [-0.05, 0) is 32.3 Å². The van der Waals surface area contributed by atoms with Crippen LogP contribution in [0.2, 0.25) is 0 Å². The molecule has 1 amide bonds. The van der Waals surface area contributed by atoms with Crippen molar-refractivity contribution in [1.29, 1.82) is 0 Å². The third-order valence-corrected chi connectivity index (χ3v) is 5.37. The van der Waals surface area contributed by atoms with E-state index in [2.05, 4.69) is 4.99 Å². The normalized spacial score (nSPS) is 22.0. The number of ketones is 1. The molecule has 0 bridgehead atoms. The Morgan fingerprint density at radius 3 is 2.56 bits per heavy atom. The zero-order chi connectivity index (χ0) is 18.0. The number of nitrogens with two attached hydrogens (primary N) is 1. The van der Waals surface area contributed by atoms with Crippen molar-refractivity contribution in [3.8, 4) is 0 Å². The summed E-state index contributed by atoms with van der Waals surface area (Å²) in [6, 6.07) is 5.84. The first-order chi connectivity index (χ1) is 12.0. The number of benzodiazepines with no additional fused rings is 1. The Bertz CT molecular complexity index is 703. The van der Waals surface area contributed by atoms with Crippen molar-refractivity contribution < 1.29 is 9.59 Å². The number of benzene rings is 1. The van der Waals surface area contributed by atoms with Gasteiger partial charge in [0.2, 0.25) is 0 Å². The van der Waals surface area contributed by atoms with Gasteiger partial charge in [-0.3, -0.25) is 14.6 Å². The van der Waals surface area contributed by atoms with Crippen molar-refractivity contribution >= 4 is 23.1 Å². The van der Waals surface area contributed by atoms with Crippen LogP contribution in [-0.2, 0) is 9.59 Å². The molecule has 0 radical (unpaired) electrons. The van der Waals surface area contributed by atoms with Crippen molar-refractivity contribution in [2.24, 2.45) is 16.6 Å². The summed E-state index contributed by atoms with van der Waals surface area (Å²) in [5.41, 5.74) is 9.34. The van der Waals surface area contributed by atoms with E-state index in [1.54, 1.807) is 4.90 Å². The van der Waals surface area contributed by atoms with Crippen LogP contribution >= 0.6 is 0 Å². The van der Waals surface area contributed by atoms with Crippen LogP contribution < -0.4 is 10.6 Å². The van der Waals surface area contributed by atoms with Gasteiger partial charge in [-0.2, -0.15) is 0 Å². The molecule has 5 nitrogen and oxygen atoms in total. The highest BCUT2D eigenvalue weighted by atomic mass is 16.2. The first kappa shape index (κ1) is 17.8. The standard InChI is InChI=1S/C20H27N3O2/c1-13-8-7-11-16-14(2)22-19(21)20(25)23(18(13)16)12-17(24)15-9-5-3-4-6-10-15/h7-8,11,15,19H,3-6,9-10,12,21H2,1-2H3/t19-/m0/s1. The maximum atomic E-state index is 12.9. The van der Waals surface area contributed by atoms with E-state index in [4.69, 9.17) is 5.73 Å². The molecule has 0 unspecified atom stereocenters. The summed E-state index contributed by atoms with van der Waals surface area (Å²) in [6.45, 7) is 3.92. The molecular formula is C20H27N3O2. The summed E-state index contributed by atoms with van der Waals surface area (Å²) in [5.74, 6) is -0.0881. The molecule has 25 heavy (non-hydrogen) atoms. The SMILES string of the molecule is CC1=N[C@H](N)C(=O)N(CC(=O)C2CCCCCC2)c2c(C)cccc21. The van der Waals surface area contributed by atoms with E-state index in [1.807, 2.05) is 32.0 Å². The predicted molar refractivity (Wildman–Crippen MR) is 99.9 cm³/mol. The number of para-hydroxylation sites is 1. The summed E-state index contributed by atoms with van der Waals surface area (Å²) < 4.78 is 0. The van der Waals surface area contributed by atoms with Crippen LogP contribution in [-0.4, -0.2) is 30.1 Å².